The van der Waals surface area contributed by atoms with E-state index >= 15 is 0 Å². The number of amidine groups is 1. The van der Waals surface area contributed by atoms with Gasteiger partial charge in [0.2, 0.25) is 0 Å². The first-order valence-electron chi connectivity index (χ1n) is 4.00. The molecule has 0 saturated carbocycles. The van der Waals surface area contributed by atoms with Crippen molar-refractivity contribution in [3.8, 4) is 6.19 Å². The first-order valence-corrected chi connectivity index (χ1v) is 6.78. The fraction of sp³-hybridized carbons (Fsp3) is 0.111. The standard InChI is InChI=1S/C9H6BrCl2N3S/c1-16-9(14-4-13)15-8-3-6(11)5(10)2-7(8)12/h2-3H,1H3,(H,14,15). The summed E-state index contributed by atoms with van der Waals surface area (Å²) in [7, 11) is 0. The Kier molecular flexibility index (Phi) is 5.42. The van der Waals surface area contributed by atoms with Crippen LogP contribution in [0.4, 0.5) is 5.69 Å². The third kappa shape index (κ3) is 3.56. The van der Waals surface area contributed by atoms with Crippen LogP contribution in [0.3, 0.4) is 0 Å². The largest absolute Gasteiger partial charge is 0.271 e. The molecule has 84 valence electrons. The number of thioether (sulfide) groups is 1. The van der Waals surface area contributed by atoms with Crippen molar-refractivity contribution in [1.29, 1.82) is 5.26 Å². The van der Waals surface area contributed by atoms with Gasteiger partial charge in [0.05, 0.1) is 15.7 Å². The lowest BCUT2D eigenvalue weighted by molar-refractivity contribution is 1.28. The van der Waals surface area contributed by atoms with Crippen LogP contribution in [0.2, 0.25) is 10.0 Å². The molecule has 1 aromatic rings. The molecule has 1 rings (SSSR count). The van der Waals surface area contributed by atoms with Crippen LogP contribution >= 0.6 is 50.9 Å². The predicted molar refractivity (Wildman–Crippen MR) is 73.5 cm³/mol. The van der Waals surface area contributed by atoms with Crippen molar-refractivity contribution in [2.24, 2.45) is 4.99 Å². The summed E-state index contributed by atoms with van der Waals surface area (Å²) in [6.07, 6.45) is 3.60. The van der Waals surface area contributed by atoms with E-state index in [9.17, 15) is 0 Å². The highest BCUT2D eigenvalue weighted by molar-refractivity contribution is 9.10. The molecule has 0 atom stereocenters. The van der Waals surface area contributed by atoms with Crippen molar-refractivity contribution < 1.29 is 0 Å². The Balaban J connectivity index is 3.14. The highest BCUT2D eigenvalue weighted by Gasteiger charge is 2.06. The number of benzene rings is 1. The molecule has 0 radical (unpaired) electrons. The minimum absolute atomic E-state index is 0.461. The zero-order chi connectivity index (χ0) is 12.1. The van der Waals surface area contributed by atoms with Gasteiger partial charge in [-0.1, -0.05) is 35.0 Å². The van der Waals surface area contributed by atoms with Gasteiger partial charge in [-0.3, -0.25) is 5.32 Å². The summed E-state index contributed by atoms with van der Waals surface area (Å²) in [5, 5.41) is 12.4. The number of hydrogen-bond donors (Lipinski definition) is 1. The number of rotatable bonds is 1. The molecule has 1 N–H and O–H groups in total. The molecular weight excluding hydrogens is 333 g/mol. The molecular formula is C9H6BrCl2N3S. The molecule has 0 bridgehead atoms. The SMILES string of the molecule is CSC(=Nc1cc(Cl)c(Br)cc1Cl)NC#N. The van der Waals surface area contributed by atoms with Gasteiger partial charge in [-0.15, -0.1) is 0 Å². The average Bonchev–Trinajstić information content (AvgIpc) is 2.25. The van der Waals surface area contributed by atoms with Crippen LogP contribution in [0.5, 0.6) is 0 Å². The summed E-state index contributed by atoms with van der Waals surface area (Å²) < 4.78 is 0.706. The van der Waals surface area contributed by atoms with E-state index in [1.807, 2.05) is 0 Å². The molecule has 0 amide bonds. The minimum atomic E-state index is 0.461. The van der Waals surface area contributed by atoms with E-state index in [1.165, 1.54) is 11.8 Å². The molecule has 0 aromatic heterocycles. The Morgan fingerprint density at radius 2 is 2.19 bits per heavy atom. The summed E-state index contributed by atoms with van der Waals surface area (Å²) in [5.74, 6) is 0. The van der Waals surface area contributed by atoms with Gasteiger partial charge in [0.15, 0.2) is 11.4 Å². The van der Waals surface area contributed by atoms with Crippen molar-refractivity contribution in [2.75, 3.05) is 6.26 Å². The van der Waals surface area contributed by atoms with Crippen LogP contribution in [0.1, 0.15) is 0 Å². The van der Waals surface area contributed by atoms with Gasteiger partial charge in [0, 0.05) is 4.47 Å². The van der Waals surface area contributed by atoms with Crippen LogP contribution < -0.4 is 5.32 Å². The fourth-order valence-corrected chi connectivity index (χ4v) is 2.06. The molecule has 0 spiro atoms. The normalized spacial score (nSPS) is 11.1. The second-order valence-corrected chi connectivity index (χ2v) is 5.04. The van der Waals surface area contributed by atoms with Crippen LogP contribution in [-0.4, -0.2) is 11.4 Å². The van der Waals surface area contributed by atoms with Gasteiger partial charge in [-0.2, -0.15) is 5.26 Å². The summed E-state index contributed by atoms with van der Waals surface area (Å²) >= 11 is 16.5. The lowest BCUT2D eigenvalue weighted by Crippen LogP contribution is -2.12. The summed E-state index contributed by atoms with van der Waals surface area (Å²) in [6.45, 7) is 0. The highest BCUT2D eigenvalue weighted by atomic mass is 79.9. The Hall–Kier alpha value is -0.410. The van der Waals surface area contributed by atoms with Crippen molar-refractivity contribution >= 4 is 61.7 Å². The first kappa shape index (κ1) is 13.7. The summed E-state index contributed by atoms with van der Waals surface area (Å²) in [4.78, 5) is 4.18. The number of nitrogens with zero attached hydrogens (tertiary/aromatic N) is 2. The lowest BCUT2D eigenvalue weighted by Gasteiger charge is -2.04. The smallest absolute Gasteiger partial charge is 0.183 e. The molecule has 0 unspecified atom stereocenters. The zero-order valence-electron chi connectivity index (χ0n) is 8.09. The molecule has 0 fully saturated rings. The molecule has 16 heavy (non-hydrogen) atoms. The maximum Gasteiger partial charge on any atom is 0.183 e. The molecule has 0 aliphatic heterocycles. The monoisotopic (exact) mass is 337 g/mol. The van der Waals surface area contributed by atoms with Crippen LogP contribution in [0.25, 0.3) is 0 Å². The second kappa shape index (κ2) is 6.36. The number of aliphatic imine (C=N–C) groups is 1. The second-order valence-electron chi connectivity index (χ2n) is 2.58. The van der Waals surface area contributed by atoms with Gasteiger partial charge in [-0.25, -0.2) is 4.99 Å². The van der Waals surface area contributed by atoms with Crippen molar-refractivity contribution in [2.45, 2.75) is 0 Å². The van der Waals surface area contributed by atoms with E-state index in [1.54, 1.807) is 24.6 Å². The number of halogens is 3. The third-order valence-corrected chi connectivity index (χ3v) is 3.65. The quantitative estimate of drug-likeness (QED) is 0.275. The van der Waals surface area contributed by atoms with Crippen LogP contribution in [0, 0.1) is 11.5 Å². The lowest BCUT2D eigenvalue weighted by atomic mass is 10.3. The minimum Gasteiger partial charge on any atom is -0.271 e. The van der Waals surface area contributed by atoms with Gasteiger partial charge >= 0.3 is 0 Å². The third-order valence-electron chi connectivity index (χ3n) is 1.57. The molecule has 0 heterocycles. The topological polar surface area (TPSA) is 48.2 Å². The van der Waals surface area contributed by atoms with Crippen molar-refractivity contribution in [1.82, 2.24) is 5.32 Å². The van der Waals surface area contributed by atoms with E-state index in [-0.39, 0.29) is 0 Å². The molecule has 1 aromatic carbocycles. The van der Waals surface area contributed by atoms with Crippen molar-refractivity contribution in [3.63, 3.8) is 0 Å². The number of nitriles is 1. The molecule has 3 nitrogen and oxygen atoms in total. The Morgan fingerprint density at radius 1 is 1.50 bits per heavy atom. The van der Waals surface area contributed by atoms with E-state index in [0.717, 1.165) is 0 Å². The number of nitrogens with one attached hydrogen (secondary N) is 1. The Labute approximate surface area is 116 Å². The van der Waals surface area contributed by atoms with Crippen LogP contribution in [0.15, 0.2) is 21.6 Å². The molecule has 7 heteroatoms. The van der Waals surface area contributed by atoms with Gasteiger partial charge in [-0.05, 0) is 34.3 Å². The maximum atomic E-state index is 8.49. The van der Waals surface area contributed by atoms with Crippen molar-refractivity contribution in [3.05, 3.63) is 26.7 Å². The van der Waals surface area contributed by atoms with Gasteiger partial charge < -0.3 is 0 Å². The van der Waals surface area contributed by atoms with Gasteiger partial charge in [0.1, 0.15) is 0 Å². The maximum absolute atomic E-state index is 8.49. The van der Waals surface area contributed by atoms with Gasteiger partial charge in [0.25, 0.3) is 0 Å². The van der Waals surface area contributed by atoms with E-state index < -0.39 is 0 Å². The predicted octanol–water partition coefficient (Wildman–Crippen LogP) is 4.18. The summed E-state index contributed by atoms with van der Waals surface area (Å²) in [6, 6.07) is 3.29. The fourth-order valence-electron chi connectivity index (χ4n) is 0.880. The first-order chi connectivity index (χ1) is 7.58. The average molecular weight is 339 g/mol. The van der Waals surface area contributed by atoms with Crippen LogP contribution in [-0.2, 0) is 0 Å². The van der Waals surface area contributed by atoms with E-state index in [4.69, 9.17) is 28.5 Å². The Bertz CT molecular complexity index is 471. The van der Waals surface area contributed by atoms with E-state index in [0.29, 0.717) is 25.4 Å². The molecule has 0 aliphatic rings. The molecule has 0 aliphatic carbocycles. The van der Waals surface area contributed by atoms with E-state index in [2.05, 4.69) is 26.2 Å². The summed E-state index contributed by atoms with van der Waals surface area (Å²) in [5.41, 5.74) is 0.516. The number of hydrogen-bond acceptors (Lipinski definition) is 3. The Morgan fingerprint density at radius 3 is 2.75 bits per heavy atom. The highest BCUT2D eigenvalue weighted by Crippen LogP contribution is 2.34. The zero-order valence-corrected chi connectivity index (χ0v) is 12.0. The molecule has 0 saturated heterocycles.